The summed E-state index contributed by atoms with van der Waals surface area (Å²) in [6, 6.07) is 12.4. The second kappa shape index (κ2) is 8.65. The van der Waals surface area contributed by atoms with Crippen LogP contribution in [0.2, 0.25) is 5.02 Å². The Bertz CT molecular complexity index is 754. The second-order valence-electron chi connectivity index (χ2n) is 6.69. The summed E-state index contributed by atoms with van der Waals surface area (Å²) in [4.78, 5) is 14.6. The van der Waals surface area contributed by atoms with E-state index in [1.54, 1.807) is 17.0 Å². The van der Waals surface area contributed by atoms with Gasteiger partial charge in [-0.25, -0.2) is 4.39 Å². The zero-order valence-electron chi connectivity index (χ0n) is 15.0. The smallest absolute Gasteiger partial charge is 0.254 e. The lowest BCUT2D eigenvalue weighted by molar-refractivity contribution is 0.0751. The number of amides is 1. The average molecular weight is 375 g/mol. The summed E-state index contributed by atoms with van der Waals surface area (Å²) >= 11 is 6.12. The first-order chi connectivity index (χ1) is 12.6. The van der Waals surface area contributed by atoms with E-state index < -0.39 is 0 Å². The van der Waals surface area contributed by atoms with Crippen molar-refractivity contribution in [1.82, 2.24) is 10.2 Å². The molecule has 0 radical (unpaired) electrons. The minimum absolute atomic E-state index is 0.0996. The highest BCUT2D eigenvalue weighted by molar-refractivity contribution is 6.31. The molecule has 1 amide bonds. The van der Waals surface area contributed by atoms with Crippen molar-refractivity contribution in [3.63, 3.8) is 0 Å². The summed E-state index contributed by atoms with van der Waals surface area (Å²) in [6.07, 6.45) is 2.28. The summed E-state index contributed by atoms with van der Waals surface area (Å²) in [5.41, 5.74) is 2.18. The molecule has 1 aliphatic rings. The van der Waals surface area contributed by atoms with Gasteiger partial charge >= 0.3 is 0 Å². The molecule has 1 heterocycles. The largest absolute Gasteiger partial charge is 0.334 e. The maximum atomic E-state index is 14.1. The topological polar surface area (TPSA) is 32.3 Å². The third-order valence-electron chi connectivity index (χ3n) is 4.98. The van der Waals surface area contributed by atoms with Crippen LogP contribution in [-0.2, 0) is 6.54 Å². The molecule has 138 valence electrons. The highest BCUT2D eigenvalue weighted by Crippen LogP contribution is 2.25. The van der Waals surface area contributed by atoms with Gasteiger partial charge in [-0.3, -0.25) is 4.79 Å². The quantitative estimate of drug-likeness (QED) is 0.828. The number of nitrogens with one attached hydrogen (secondary N) is 1. The number of halogens is 2. The van der Waals surface area contributed by atoms with Crippen LogP contribution in [0, 0.1) is 5.82 Å². The third kappa shape index (κ3) is 4.25. The van der Waals surface area contributed by atoms with Crippen LogP contribution >= 0.6 is 11.6 Å². The Morgan fingerprint density at radius 2 is 2.12 bits per heavy atom. The molecule has 1 saturated heterocycles. The normalized spacial score (nSPS) is 17.1. The van der Waals surface area contributed by atoms with Crippen molar-refractivity contribution in [2.24, 2.45) is 0 Å². The number of carbonyl (C=O) groups excluding carboxylic acids is 1. The zero-order chi connectivity index (χ0) is 18.5. The summed E-state index contributed by atoms with van der Waals surface area (Å²) in [5, 5.41) is 3.76. The van der Waals surface area contributed by atoms with Gasteiger partial charge in [0.2, 0.25) is 0 Å². The standard InChI is InChI=1S/C21H24ClFN2O/c1-2-25(14-18-19(22)9-4-10-20(18)23)21(26)16-7-3-6-15(12-16)17-8-5-11-24-13-17/h3-4,6-7,9-10,12,17,24H,2,5,8,11,13-14H2,1H3. The van der Waals surface area contributed by atoms with Gasteiger partial charge < -0.3 is 10.2 Å². The van der Waals surface area contributed by atoms with E-state index in [4.69, 9.17) is 11.6 Å². The number of rotatable bonds is 5. The molecule has 0 aliphatic carbocycles. The molecule has 2 aromatic rings. The summed E-state index contributed by atoms with van der Waals surface area (Å²) in [6.45, 7) is 4.54. The lowest BCUT2D eigenvalue weighted by Crippen LogP contribution is -2.31. The first-order valence-electron chi connectivity index (χ1n) is 9.13. The predicted octanol–water partition coefficient (Wildman–Crippen LogP) is 4.61. The molecule has 2 aromatic carbocycles. The van der Waals surface area contributed by atoms with E-state index in [0.29, 0.717) is 28.6 Å². The van der Waals surface area contributed by atoms with Gasteiger partial charge in [-0.05, 0) is 62.1 Å². The molecule has 1 aliphatic heterocycles. The Morgan fingerprint density at radius 3 is 2.81 bits per heavy atom. The van der Waals surface area contributed by atoms with Crippen molar-refractivity contribution in [2.75, 3.05) is 19.6 Å². The van der Waals surface area contributed by atoms with Crippen molar-refractivity contribution in [3.8, 4) is 0 Å². The van der Waals surface area contributed by atoms with Crippen LogP contribution in [0.1, 0.15) is 47.2 Å². The Balaban J connectivity index is 1.80. The van der Waals surface area contributed by atoms with Crippen molar-refractivity contribution >= 4 is 17.5 Å². The Morgan fingerprint density at radius 1 is 1.31 bits per heavy atom. The van der Waals surface area contributed by atoms with Gasteiger partial charge in [-0.15, -0.1) is 0 Å². The van der Waals surface area contributed by atoms with Gasteiger partial charge in [-0.2, -0.15) is 0 Å². The number of piperidine rings is 1. The molecule has 3 rings (SSSR count). The molecular formula is C21H24ClFN2O. The van der Waals surface area contributed by atoms with Gasteiger partial charge in [0.1, 0.15) is 5.82 Å². The van der Waals surface area contributed by atoms with Crippen molar-refractivity contribution in [2.45, 2.75) is 32.2 Å². The van der Waals surface area contributed by atoms with Crippen molar-refractivity contribution in [3.05, 3.63) is 70.0 Å². The van der Waals surface area contributed by atoms with Gasteiger partial charge in [-0.1, -0.05) is 29.8 Å². The van der Waals surface area contributed by atoms with E-state index in [-0.39, 0.29) is 18.3 Å². The van der Waals surface area contributed by atoms with Gasteiger partial charge in [0.25, 0.3) is 5.91 Å². The first kappa shape index (κ1) is 18.9. The van der Waals surface area contributed by atoms with E-state index >= 15 is 0 Å². The molecule has 1 N–H and O–H groups in total. The molecule has 1 atom stereocenters. The van der Waals surface area contributed by atoms with Gasteiger partial charge in [0.15, 0.2) is 0 Å². The summed E-state index contributed by atoms with van der Waals surface area (Å²) < 4.78 is 14.1. The molecule has 0 saturated carbocycles. The number of hydrogen-bond acceptors (Lipinski definition) is 2. The van der Waals surface area contributed by atoms with E-state index in [2.05, 4.69) is 11.4 Å². The maximum Gasteiger partial charge on any atom is 0.254 e. The monoisotopic (exact) mass is 374 g/mol. The average Bonchev–Trinajstić information content (AvgIpc) is 2.68. The van der Waals surface area contributed by atoms with E-state index in [9.17, 15) is 9.18 Å². The molecular weight excluding hydrogens is 351 g/mol. The van der Waals surface area contributed by atoms with Crippen LogP contribution in [0.25, 0.3) is 0 Å². The molecule has 3 nitrogen and oxygen atoms in total. The number of carbonyl (C=O) groups is 1. The fourth-order valence-electron chi connectivity index (χ4n) is 3.45. The molecule has 0 aromatic heterocycles. The molecule has 0 spiro atoms. The Hall–Kier alpha value is -1.91. The minimum atomic E-state index is -0.384. The lowest BCUT2D eigenvalue weighted by Gasteiger charge is -2.25. The minimum Gasteiger partial charge on any atom is -0.334 e. The molecule has 5 heteroatoms. The van der Waals surface area contributed by atoms with E-state index in [1.807, 2.05) is 25.1 Å². The number of benzene rings is 2. The summed E-state index contributed by atoms with van der Waals surface area (Å²) in [5.74, 6) is -0.0455. The third-order valence-corrected chi connectivity index (χ3v) is 5.34. The molecule has 26 heavy (non-hydrogen) atoms. The SMILES string of the molecule is CCN(Cc1c(F)cccc1Cl)C(=O)c1cccc(C2CCCNC2)c1. The van der Waals surface area contributed by atoms with Crippen LogP contribution in [0.4, 0.5) is 4.39 Å². The van der Waals surface area contributed by atoms with E-state index in [0.717, 1.165) is 25.9 Å². The number of hydrogen-bond donors (Lipinski definition) is 1. The zero-order valence-corrected chi connectivity index (χ0v) is 15.7. The highest BCUT2D eigenvalue weighted by Gasteiger charge is 2.20. The highest BCUT2D eigenvalue weighted by atomic mass is 35.5. The van der Waals surface area contributed by atoms with Crippen molar-refractivity contribution in [1.29, 1.82) is 0 Å². The number of nitrogens with zero attached hydrogens (tertiary/aromatic N) is 1. The molecule has 0 bridgehead atoms. The van der Waals surface area contributed by atoms with Crippen LogP contribution in [0.3, 0.4) is 0 Å². The van der Waals surface area contributed by atoms with Crippen molar-refractivity contribution < 1.29 is 9.18 Å². The predicted molar refractivity (Wildman–Crippen MR) is 103 cm³/mol. The van der Waals surface area contributed by atoms with Crippen LogP contribution in [0.5, 0.6) is 0 Å². The Kier molecular flexibility index (Phi) is 6.28. The van der Waals surface area contributed by atoms with Crippen LogP contribution in [-0.4, -0.2) is 30.4 Å². The summed E-state index contributed by atoms with van der Waals surface area (Å²) in [7, 11) is 0. The fraction of sp³-hybridized carbons (Fsp3) is 0.381. The molecule has 1 unspecified atom stereocenters. The lowest BCUT2D eigenvalue weighted by atomic mass is 9.90. The van der Waals surface area contributed by atoms with Gasteiger partial charge in [0.05, 0.1) is 6.54 Å². The molecule has 1 fully saturated rings. The Labute approximate surface area is 159 Å². The van der Waals surface area contributed by atoms with Gasteiger partial charge in [0, 0.05) is 29.2 Å². The maximum absolute atomic E-state index is 14.1. The van der Waals surface area contributed by atoms with E-state index in [1.165, 1.54) is 11.6 Å². The second-order valence-corrected chi connectivity index (χ2v) is 7.10. The van der Waals surface area contributed by atoms with Crippen LogP contribution < -0.4 is 5.32 Å². The first-order valence-corrected chi connectivity index (χ1v) is 9.50. The fourth-order valence-corrected chi connectivity index (χ4v) is 3.67. The van der Waals surface area contributed by atoms with Crippen LogP contribution in [0.15, 0.2) is 42.5 Å².